The van der Waals surface area contributed by atoms with Gasteiger partial charge in [0.25, 0.3) is 5.56 Å². The fourth-order valence-corrected chi connectivity index (χ4v) is 5.57. The number of unbranched alkanes of at least 4 members (excludes halogenated alkanes) is 1. The van der Waals surface area contributed by atoms with Crippen LogP contribution in [0.2, 0.25) is 0 Å². The Bertz CT molecular complexity index is 1830. The lowest BCUT2D eigenvalue weighted by atomic mass is 9.97. The number of hydrogen-bond acceptors (Lipinski definition) is 8. The zero-order chi connectivity index (χ0) is 29.1. The highest BCUT2D eigenvalue weighted by Crippen LogP contribution is 2.31. The minimum absolute atomic E-state index is 0.0957. The average molecular weight is 573 g/mol. The highest BCUT2D eigenvalue weighted by molar-refractivity contribution is 7.90. The summed E-state index contributed by atoms with van der Waals surface area (Å²) >= 11 is 0. The van der Waals surface area contributed by atoms with Gasteiger partial charge in [-0.25, -0.2) is 13.4 Å². The molecule has 0 saturated carbocycles. The van der Waals surface area contributed by atoms with Gasteiger partial charge in [-0.1, -0.05) is 48.9 Å². The number of hydrogen-bond donors (Lipinski definition) is 1. The normalized spacial score (nSPS) is 12.5. The first-order valence-electron chi connectivity index (χ1n) is 13.4. The van der Waals surface area contributed by atoms with Crippen molar-refractivity contribution in [2.24, 2.45) is 0 Å². The summed E-state index contributed by atoms with van der Waals surface area (Å²) in [7, 11) is -3.47. The summed E-state index contributed by atoms with van der Waals surface area (Å²) in [6, 6.07) is 18.1. The molecule has 0 spiro atoms. The molecule has 0 saturated heterocycles. The molecular formula is C30H32N6O4S. The Labute approximate surface area is 238 Å². The SMILES string of the molecule is CCCCc1nc2ccc(S(C)(=O)=O)cc2c(=O)n1Cc1ccc(OC(c2nn[nH]n2)c2c(C)cccc2C)cc1. The van der Waals surface area contributed by atoms with Gasteiger partial charge >= 0.3 is 0 Å². The van der Waals surface area contributed by atoms with Gasteiger partial charge in [-0.15, -0.1) is 10.2 Å². The van der Waals surface area contributed by atoms with Crippen molar-refractivity contribution in [3.8, 4) is 5.75 Å². The third kappa shape index (κ3) is 6.04. The number of aromatic amines is 1. The summed E-state index contributed by atoms with van der Waals surface area (Å²) in [6.07, 6.45) is 3.04. The van der Waals surface area contributed by atoms with E-state index in [1.807, 2.05) is 56.3 Å². The van der Waals surface area contributed by atoms with Gasteiger partial charge < -0.3 is 4.74 Å². The summed E-state index contributed by atoms with van der Waals surface area (Å²) in [4.78, 5) is 18.5. The van der Waals surface area contributed by atoms with E-state index < -0.39 is 15.9 Å². The van der Waals surface area contributed by atoms with E-state index in [4.69, 9.17) is 9.72 Å². The molecule has 0 aliphatic rings. The number of fused-ring (bicyclic) bond motifs is 1. The summed E-state index contributed by atoms with van der Waals surface area (Å²) in [5.41, 5.74) is 4.18. The van der Waals surface area contributed by atoms with Crippen LogP contribution in [0.4, 0.5) is 0 Å². The van der Waals surface area contributed by atoms with E-state index in [2.05, 4.69) is 27.5 Å². The van der Waals surface area contributed by atoms with Crippen LogP contribution in [-0.2, 0) is 22.8 Å². The van der Waals surface area contributed by atoms with E-state index >= 15 is 0 Å². The molecule has 2 aromatic heterocycles. The first kappa shape index (κ1) is 28.2. The smallest absolute Gasteiger partial charge is 0.261 e. The second kappa shape index (κ2) is 11.6. The molecular weight excluding hydrogens is 540 g/mol. The maximum atomic E-state index is 13.6. The predicted molar refractivity (Wildman–Crippen MR) is 156 cm³/mol. The first-order chi connectivity index (χ1) is 19.7. The molecule has 5 rings (SSSR count). The second-order valence-electron chi connectivity index (χ2n) is 10.2. The number of benzene rings is 3. The molecule has 212 valence electrons. The minimum Gasteiger partial charge on any atom is -0.478 e. The van der Waals surface area contributed by atoms with Crippen LogP contribution >= 0.6 is 0 Å². The molecule has 41 heavy (non-hydrogen) atoms. The number of H-pyrrole nitrogens is 1. The lowest BCUT2D eigenvalue weighted by Crippen LogP contribution is -2.26. The third-order valence-electron chi connectivity index (χ3n) is 7.11. The monoisotopic (exact) mass is 572 g/mol. The van der Waals surface area contributed by atoms with E-state index in [1.54, 1.807) is 10.6 Å². The molecule has 0 aliphatic carbocycles. The van der Waals surface area contributed by atoms with E-state index in [9.17, 15) is 13.2 Å². The van der Waals surface area contributed by atoms with Crippen molar-refractivity contribution in [3.05, 3.63) is 105 Å². The maximum absolute atomic E-state index is 13.6. The Morgan fingerprint density at radius 1 is 1.02 bits per heavy atom. The Hall–Kier alpha value is -4.38. The number of tetrazole rings is 1. The van der Waals surface area contributed by atoms with Crippen molar-refractivity contribution in [2.75, 3.05) is 6.26 Å². The van der Waals surface area contributed by atoms with E-state index in [-0.39, 0.29) is 22.4 Å². The molecule has 1 N–H and O–H groups in total. The van der Waals surface area contributed by atoms with Crippen LogP contribution in [-0.4, -0.2) is 44.8 Å². The average Bonchev–Trinajstić information content (AvgIpc) is 3.48. The van der Waals surface area contributed by atoms with Crippen LogP contribution in [0.5, 0.6) is 5.75 Å². The van der Waals surface area contributed by atoms with Gasteiger partial charge in [-0.3, -0.25) is 9.36 Å². The van der Waals surface area contributed by atoms with Crippen molar-refractivity contribution >= 4 is 20.7 Å². The molecule has 0 aliphatic heterocycles. The molecule has 0 radical (unpaired) electrons. The van der Waals surface area contributed by atoms with Crippen LogP contribution in [0.3, 0.4) is 0 Å². The maximum Gasteiger partial charge on any atom is 0.261 e. The number of aromatic nitrogens is 6. The quantitative estimate of drug-likeness (QED) is 0.259. The van der Waals surface area contributed by atoms with E-state index in [0.717, 1.165) is 41.4 Å². The highest BCUT2D eigenvalue weighted by atomic mass is 32.2. The molecule has 1 unspecified atom stereocenters. The zero-order valence-electron chi connectivity index (χ0n) is 23.5. The van der Waals surface area contributed by atoms with Gasteiger partial charge in [-0.2, -0.15) is 5.21 Å². The van der Waals surface area contributed by atoms with Gasteiger partial charge in [0.15, 0.2) is 15.9 Å². The topological polar surface area (TPSA) is 133 Å². The van der Waals surface area contributed by atoms with Crippen molar-refractivity contribution in [3.63, 3.8) is 0 Å². The fourth-order valence-electron chi connectivity index (χ4n) is 4.92. The number of sulfone groups is 1. The molecule has 11 heteroatoms. The Morgan fingerprint density at radius 2 is 1.76 bits per heavy atom. The molecule has 0 amide bonds. The number of aryl methyl sites for hydroxylation is 3. The minimum atomic E-state index is -3.47. The first-order valence-corrected chi connectivity index (χ1v) is 15.3. The summed E-state index contributed by atoms with van der Waals surface area (Å²) in [5, 5.41) is 14.9. The number of nitrogens with one attached hydrogen (secondary N) is 1. The molecule has 3 aromatic carbocycles. The fraction of sp³-hybridized carbons (Fsp3) is 0.300. The number of ether oxygens (including phenoxy) is 1. The molecule has 2 heterocycles. The van der Waals surface area contributed by atoms with Crippen LogP contribution in [0, 0.1) is 13.8 Å². The molecule has 5 aromatic rings. The summed E-state index contributed by atoms with van der Waals surface area (Å²) < 4.78 is 32.3. The number of rotatable bonds is 10. The summed E-state index contributed by atoms with van der Waals surface area (Å²) in [5.74, 6) is 1.71. The Balaban J connectivity index is 1.48. The van der Waals surface area contributed by atoms with E-state index in [0.29, 0.717) is 29.3 Å². The van der Waals surface area contributed by atoms with Gasteiger partial charge in [0.05, 0.1) is 22.3 Å². The van der Waals surface area contributed by atoms with Gasteiger partial charge in [0.2, 0.25) is 5.82 Å². The second-order valence-corrected chi connectivity index (χ2v) is 12.2. The van der Waals surface area contributed by atoms with Crippen molar-refractivity contribution in [2.45, 2.75) is 57.6 Å². The van der Waals surface area contributed by atoms with Gasteiger partial charge in [0.1, 0.15) is 11.6 Å². The van der Waals surface area contributed by atoms with Crippen LogP contribution in [0.15, 0.2) is 70.4 Å². The lowest BCUT2D eigenvalue weighted by Gasteiger charge is -2.20. The Morgan fingerprint density at radius 3 is 2.39 bits per heavy atom. The lowest BCUT2D eigenvalue weighted by molar-refractivity contribution is 0.235. The van der Waals surface area contributed by atoms with E-state index in [1.165, 1.54) is 12.1 Å². The highest BCUT2D eigenvalue weighted by Gasteiger charge is 2.24. The third-order valence-corrected chi connectivity index (χ3v) is 8.22. The summed E-state index contributed by atoms with van der Waals surface area (Å²) in [6.45, 7) is 6.41. The molecule has 10 nitrogen and oxygen atoms in total. The van der Waals surface area contributed by atoms with Gasteiger partial charge in [0, 0.05) is 18.2 Å². The van der Waals surface area contributed by atoms with Crippen LogP contribution in [0.25, 0.3) is 10.9 Å². The van der Waals surface area contributed by atoms with Crippen LogP contribution < -0.4 is 10.3 Å². The van der Waals surface area contributed by atoms with Crippen molar-refractivity contribution < 1.29 is 13.2 Å². The van der Waals surface area contributed by atoms with Crippen LogP contribution in [0.1, 0.15) is 59.8 Å². The van der Waals surface area contributed by atoms with Crippen molar-refractivity contribution in [1.82, 2.24) is 30.2 Å². The standard InChI is InChI=1S/C30H32N6O4S/c1-5-6-10-26-31-25-16-15-23(41(4,38)39)17-24(25)30(37)36(26)18-21-11-13-22(14-12-21)40-28(29-32-34-35-33-29)27-19(2)8-7-9-20(27)3/h7-9,11-17,28H,5-6,10,18H2,1-4H3,(H,32,33,34,35). The predicted octanol–water partition coefficient (Wildman–Crippen LogP) is 4.49. The van der Waals surface area contributed by atoms with Gasteiger partial charge in [-0.05, 0) is 67.3 Å². The largest absolute Gasteiger partial charge is 0.478 e. The molecule has 0 bridgehead atoms. The number of nitrogens with zero attached hydrogens (tertiary/aromatic N) is 5. The molecule has 1 atom stereocenters. The zero-order valence-corrected chi connectivity index (χ0v) is 24.3. The van der Waals surface area contributed by atoms with Crippen molar-refractivity contribution in [1.29, 1.82) is 0 Å². The Kier molecular flexibility index (Phi) is 7.98. The molecule has 0 fully saturated rings.